The largest absolute Gasteiger partial charge is 0.494 e. The zero-order valence-electron chi connectivity index (χ0n) is 18.7. The van der Waals surface area contributed by atoms with Crippen molar-refractivity contribution >= 4 is 28.3 Å². The normalized spacial score (nSPS) is 11.1. The Morgan fingerprint density at radius 1 is 1.09 bits per heavy atom. The number of carbonyl (C=O) groups excluding carboxylic acids is 1. The first-order chi connectivity index (χ1) is 16.5. The Morgan fingerprint density at radius 3 is 2.65 bits per heavy atom. The van der Waals surface area contributed by atoms with E-state index in [0.717, 1.165) is 22.2 Å². The second-order valence-corrected chi connectivity index (χ2v) is 8.18. The van der Waals surface area contributed by atoms with Crippen LogP contribution in [-0.2, 0) is 6.54 Å². The Morgan fingerprint density at radius 2 is 1.91 bits per heavy atom. The highest BCUT2D eigenvalue weighted by Crippen LogP contribution is 2.32. The quantitative estimate of drug-likeness (QED) is 0.281. The molecule has 0 spiro atoms. The van der Waals surface area contributed by atoms with Crippen LogP contribution in [0.4, 0.5) is 0 Å². The molecule has 0 unspecified atom stereocenters. The second kappa shape index (κ2) is 9.11. The molecular formula is C26H21ClN4O3. The van der Waals surface area contributed by atoms with Crippen molar-refractivity contribution < 1.29 is 13.9 Å². The predicted molar refractivity (Wildman–Crippen MR) is 129 cm³/mol. The number of hydrogen-bond donors (Lipinski definition) is 0. The maximum absolute atomic E-state index is 13.6. The average Bonchev–Trinajstić information content (AvgIpc) is 3.45. The van der Waals surface area contributed by atoms with Gasteiger partial charge in [-0.3, -0.25) is 9.78 Å². The van der Waals surface area contributed by atoms with Gasteiger partial charge in [0.05, 0.1) is 12.2 Å². The van der Waals surface area contributed by atoms with Crippen molar-refractivity contribution in [3.8, 4) is 17.3 Å². The molecule has 0 fully saturated rings. The molecule has 0 N–H and O–H groups in total. The van der Waals surface area contributed by atoms with Crippen LogP contribution in [-0.4, -0.2) is 32.1 Å². The first-order valence-electron chi connectivity index (χ1n) is 10.8. The fourth-order valence-corrected chi connectivity index (χ4v) is 4.12. The van der Waals surface area contributed by atoms with Crippen molar-refractivity contribution in [2.75, 3.05) is 6.61 Å². The summed E-state index contributed by atoms with van der Waals surface area (Å²) in [6.07, 6.45) is 1.63. The van der Waals surface area contributed by atoms with Crippen LogP contribution in [0.15, 0.2) is 71.3 Å². The summed E-state index contributed by atoms with van der Waals surface area (Å²) in [5, 5.41) is 9.49. The van der Waals surface area contributed by atoms with E-state index in [9.17, 15) is 4.79 Å². The third-order valence-electron chi connectivity index (χ3n) is 5.59. The third kappa shape index (κ3) is 4.06. The molecule has 0 amide bonds. The minimum atomic E-state index is -0.347. The summed E-state index contributed by atoms with van der Waals surface area (Å²) in [5.41, 5.74) is 3.77. The summed E-state index contributed by atoms with van der Waals surface area (Å²) in [5.74, 6) is 0.450. The lowest BCUT2D eigenvalue weighted by atomic mass is 10.1. The van der Waals surface area contributed by atoms with E-state index in [4.69, 9.17) is 20.8 Å². The summed E-state index contributed by atoms with van der Waals surface area (Å²) in [6, 6.07) is 18.8. The molecule has 0 bridgehead atoms. The van der Waals surface area contributed by atoms with E-state index in [1.165, 1.54) is 0 Å². The van der Waals surface area contributed by atoms with Crippen molar-refractivity contribution in [1.82, 2.24) is 19.7 Å². The van der Waals surface area contributed by atoms with Crippen LogP contribution in [0.5, 0.6) is 5.75 Å². The van der Waals surface area contributed by atoms with E-state index in [1.54, 1.807) is 18.3 Å². The van der Waals surface area contributed by atoms with Crippen molar-refractivity contribution in [2.45, 2.75) is 20.4 Å². The number of rotatable bonds is 7. The van der Waals surface area contributed by atoms with Gasteiger partial charge in [0.25, 0.3) is 17.6 Å². The van der Waals surface area contributed by atoms with E-state index in [2.05, 4.69) is 19.7 Å². The fourth-order valence-electron chi connectivity index (χ4n) is 4.00. The Labute approximate surface area is 201 Å². The standard InChI is InChI=1S/C26H21ClN4O3/c1-3-33-19-11-12-22-20(14-19)23(16(2)31(22)15-17-7-9-18(27)10-8-17)24(32)26-30-29-25(34-26)21-6-4-5-13-28-21/h4-14H,3,15H2,1-2H3. The summed E-state index contributed by atoms with van der Waals surface area (Å²) < 4.78 is 13.5. The first kappa shape index (κ1) is 21.9. The molecule has 7 nitrogen and oxygen atoms in total. The van der Waals surface area contributed by atoms with Crippen molar-refractivity contribution in [1.29, 1.82) is 0 Å². The molecule has 170 valence electrons. The van der Waals surface area contributed by atoms with Crippen molar-refractivity contribution in [3.05, 3.63) is 94.6 Å². The second-order valence-electron chi connectivity index (χ2n) is 7.74. The van der Waals surface area contributed by atoms with Crippen LogP contribution in [0.3, 0.4) is 0 Å². The molecule has 5 aromatic rings. The van der Waals surface area contributed by atoms with E-state index in [-0.39, 0.29) is 17.6 Å². The Bertz CT molecular complexity index is 1470. The van der Waals surface area contributed by atoms with Crippen LogP contribution < -0.4 is 4.74 Å². The SMILES string of the molecule is CCOc1ccc2c(c1)c(C(=O)c1nnc(-c3ccccn3)o1)c(C)n2Cc1ccc(Cl)cc1. The van der Waals surface area contributed by atoms with Gasteiger partial charge in [0.2, 0.25) is 0 Å². The van der Waals surface area contributed by atoms with Gasteiger partial charge < -0.3 is 13.7 Å². The van der Waals surface area contributed by atoms with Crippen LogP contribution in [0.2, 0.25) is 5.02 Å². The molecule has 0 saturated heterocycles. The minimum absolute atomic E-state index is 0.0869. The number of fused-ring (bicyclic) bond motifs is 1. The fraction of sp³-hybridized carbons (Fsp3) is 0.154. The van der Waals surface area contributed by atoms with Gasteiger partial charge >= 0.3 is 0 Å². The number of ether oxygens (including phenoxy) is 1. The molecular weight excluding hydrogens is 452 g/mol. The molecule has 34 heavy (non-hydrogen) atoms. The third-order valence-corrected chi connectivity index (χ3v) is 5.84. The molecule has 0 radical (unpaired) electrons. The maximum atomic E-state index is 13.6. The molecule has 0 aliphatic rings. The van der Waals surface area contributed by atoms with E-state index in [1.807, 2.05) is 62.4 Å². The van der Waals surface area contributed by atoms with Gasteiger partial charge in [0, 0.05) is 34.4 Å². The number of benzene rings is 2. The lowest BCUT2D eigenvalue weighted by Gasteiger charge is -2.09. The number of halogens is 1. The van der Waals surface area contributed by atoms with Gasteiger partial charge in [-0.2, -0.15) is 0 Å². The number of pyridine rings is 1. The van der Waals surface area contributed by atoms with Gasteiger partial charge in [-0.05, 0) is 61.9 Å². The summed E-state index contributed by atoms with van der Waals surface area (Å²) in [6.45, 7) is 4.93. The molecule has 2 aromatic carbocycles. The first-order valence-corrected chi connectivity index (χ1v) is 11.2. The maximum Gasteiger partial charge on any atom is 0.289 e. The van der Waals surface area contributed by atoms with Crippen molar-refractivity contribution in [3.63, 3.8) is 0 Å². The van der Waals surface area contributed by atoms with Gasteiger partial charge in [-0.1, -0.05) is 29.8 Å². The number of carbonyl (C=O) groups is 1. The minimum Gasteiger partial charge on any atom is -0.494 e. The number of nitrogens with zero attached hydrogens (tertiary/aromatic N) is 4. The number of ketones is 1. The monoisotopic (exact) mass is 472 g/mol. The molecule has 3 heterocycles. The molecule has 0 aliphatic carbocycles. The topological polar surface area (TPSA) is 83.0 Å². The average molecular weight is 473 g/mol. The lowest BCUT2D eigenvalue weighted by molar-refractivity contribution is 0.100. The molecule has 0 aliphatic heterocycles. The highest BCUT2D eigenvalue weighted by atomic mass is 35.5. The van der Waals surface area contributed by atoms with Crippen LogP contribution in [0.1, 0.15) is 34.4 Å². The van der Waals surface area contributed by atoms with Gasteiger partial charge in [0.1, 0.15) is 11.4 Å². The Kier molecular flexibility index (Phi) is 5.86. The van der Waals surface area contributed by atoms with E-state index >= 15 is 0 Å². The Balaban J connectivity index is 1.61. The van der Waals surface area contributed by atoms with Gasteiger partial charge in [0.15, 0.2) is 0 Å². The zero-order valence-corrected chi connectivity index (χ0v) is 19.4. The molecule has 0 saturated carbocycles. The van der Waals surface area contributed by atoms with Gasteiger partial charge in [-0.25, -0.2) is 0 Å². The Hall–Kier alpha value is -3.97. The summed E-state index contributed by atoms with van der Waals surface area (Å²) in [4.78, 5) is 17.8. The highest BCUT2D eigenvalue weighted by Gasteiger charge is 2.26. The molecule has 8 heteroatoms. The molecule has 3 aromatic heterocycles. The summed E-state index contributed by atoms with van der Waals surface area (Å²) >= 11 is 6.05. The smallest absolute Gasteiger partial charge is 0.289 e. The van der Waals surface area contributed by atoms with E-state index < -0.39 is 0 Å². The zero-order chi connectivity index (χ0) is 23.7. The highest BCUT2D eigenvalue weighted by molar-refractivity contribution is 6.30. The summed E-state index contributed by atoms with van der Waals surface area (Å²) in [7, 11) is 0. The number of hydrogen-bond acceptors (Lipinski definition) is 6. The number of aromatic nitrogens is 4. The van der Waals surface area contributed by atoms with Gasteiger partial charge in [-0.15, -0.1) is 10.2 Å². The lowest BCUT2D eigenvalue weighted by Crippen LogP contribution is -2.06. The van der Waals surface area contributed by atoms with Crippen LogP contribution in [0, 0.1) is 6.92 Å². The molecule has 5 rings (SSSR count). The van der Waals surface area contributed by atoms with Crippen LogP contribution in [0.25, 0.3) is 22.5 Å². The van der Waals surface area contributed by atoms with E-state index in [0.29, 0.717) is 35.2 Å². The van der Waals surface area contributed by atoms with Crippen molar-refractivity contribution in [2.24, 2.45) is 0 Å². The van der Waals surface area contributed by atoms with Crippen LogP contribution >= 0.6 is 11.6 Å². The molecule has 0 atom stereocenters. The predicted octanol–water partition coefficient (Wildman–Crippen LogP) is 5.73.